The molecule has 0 spiro atoms. The van der Waals surface area contributed by atoms with Crippen LogP contribution in [-0.2, 0) is 10.9 Å². The van der Waals surface area contributed by atoms with Crippen molar-refractivity contribution in [1.82, 2.24) is 0 Å². The highest BCUT2D eigenvalue weighted by Gasteiger charge is 2.40. The zero-order valence-electron chi connectivity index (χ0n) is 19.6. The van der Waals surface area contributed by atoms with Gasteiger partial charge in [0.25, 0.3) is 5.76 Å². The van der Waals surface area contributed by atoms with Gasteiger partial charge in [-0.2, -0.15) is 13.2 Å². The monoisotopic (exact) mass is 546 g/mol. The molecule has 1 heterocycles. The molecule has 196 valence electrons. The van der Waals surface area contributed by atoms with Gasteiger partial charge in [0, 0.05) is 16.7 Å². The highest BCUT2D eigenvalue weighted by atomic mass is 35.5. The Balaban J connectivity index is 1.62. The SMILES string of the molecule is CCOC(=O)c1ccc(Oc2c(C(F)(F)F)oc3cc(OCC(=O)c4ccc(Cl)cc4)ccc3c2=O)cc1. The van der Waals surface area contributed by atoms with E-state index in [-0.39, 0.29) is 29.1 Å². The highest BCUT2D eigenvalue weighted by molar-refractivity contribution is 6.30. The molecule has 3 aromatic carbocycles. The molecule has 4 aromatic rings. The first kappa shape index (κ1) is 26.7. The zero-order chi connectivity index (χ0) is 27.4. The average molecular weight is 547 g/mol. The van der Waals surface area contributed by atoms with E-state index in [1.54, 1.807) is 6.92 Å². The molecule has 0 aliphatic heterocycles. The van der Waals surface area contributed by atoms with Crippen LogP contribution in [0.15, 0.2) is 75.9 Å². The van der Waals surface area contributed by atoms with Crippen LogP contribution in [0, 0.1) is 0 Å². The van der Waals surface area contributed by atoms with Gasteiger partial charge in [0.1, 0.15) is 17.1 Å². The molecule has 0 aliphatic rings. The van der Waals surface area contributed by atoms with Crippen molar-refractivity contribution in [3.8, 4) is 17.2 Å². The molecule has 0 unspecified atom stereocenters. The normalized spacial score (nSPS) is 11.3. The predicted molar refractivity (Wildman–Crippen MR) is 131 cm³/mol. The lowest BCUT2D eigenvalue weighted by Crippen LogP contribution is -2.16. The Morgan fingerprint density at radius 2 is 1.55 bits per heavy atom. The van der Waals surface area contributed by atoms with Gasteiger partial charge in [-0.15, -0.1) is 0 Å². The van der Waals surface area contributed by atoms with E-state index >= 15 is 0 Å². The Morgan fingerprint density at radius 1 is 0.921 bits per heavy atom. The maximum Gasteiger partial charge on any atom is 0.453 e. The summed E-state index contributed by atoms with van der Waals surface area (Å²) in [6.07, 6.45) is -5.07. The van der Waals surface area contributed by atoms with Crippen LogP contribution in [0.2, 0.25) is 5.02 Å². The molecule has 0 amide bonds. The lowest BCUT2D eigenvalue weighted by atomic mass is 10.1. The second-order valence-electron chi connectivity index (χ2n) is 7.81. The van der Waals surface area contributed by atoms with Crippen molar-refractivity contribution >= 4 is 34.3 Å². The van der Waals surface area contributed by atoms with Crippen molar-refractivity contribution in [1.29, 1.82) is 0 Å². The van der Waals surface area contributed by atoms with Crippen LogP contribution in [0.4, 0.5) is 13.2 Å². The minimum Gasteiger partial charge on any atom is -0.485 e. The molecule has 0 aliphatic carbocycles. The number of benzene rings is 3. The third-order valence-corrected chi connectivity index (χ3v) is 5.45. The third kappa shape index (κ3) is 5.97. The molecule has 4 rings (SSSR count). The standard InChI is InChI=1S/C27H18ClF3O7/c1-2-35-26(34)16-5-9-18(10-6-16)37-24-23(33)20-12-11-19(13-22(20)38-25(24)27(29,30)31)36-14-21(32)15-3-7-17(28)8-4-15/h3-13H,2,14H2,1H3. The quantitative estimate of drug-likeness (QED) is 0.179. The third-order valence-electron chi connectivity index (χ3n) is 5.20. The number of hydrogen-bond acceptors (Lipinski definition) is 7. The molecular weight excluding hydrogens is 529 g/mol. The lowest BCUT2D eigenvalue weighted by Gasteiger charge is -2.14. The van der Waals surface area contributed by atoms with Gasteiger partial charge in [-0.1, -0.05) is 11.6 Å². The molecule has 7 nitrogen and oxygen atoms in total. The summed E-state index contributed by atoms with van der Waals surface area (Å²) in [5.41, 5.74) is -0.998. The van der Waals surface area contributed by atoms with E-state index in [1.165, 1.54) is 60.7 Å². The van der Waals surface area contributed by atoms with Crippen LogP contribution in [0.3, 0.4) is 0 Å². The molecule has 38 heavy (non-hydrogen) atoms. The molecule has 0 fully saturated rings. The molecule has 0 radical (unpaired) electrons. The maximum absolute atomic E-state index is 13.8. The Bertz CT molecular complexity index is 1540. The van der Waals surface area contributed by atoms with Crippen molar-refractivity contribution in [2.45, 2.75) is 13.1 Å². The van der Waals surface area contributed by atoms with E-state index in [0.717, 1.165) is 6.07 Å². The summed E-state index contributed by atoms with van der Waals surface area (Å²) in [6, 6.07) is 14.7. The van der Waals surface area contributed by atoms with Crippen LogP contribution in [0.1, 0.15) is 33.4 Å². The van der Waals surface area contributed by atoms with Gasteiger partial charge >= 0.3 is 12.1 Å². The van der Waals surface area contributed by atoms with Gasteiger partial charge in [-0.25, -0.2) is 4.79 Å². The van der Waals surface area contributed by atoms with E-state index in [4.69, 9.17) is 30.2 Å². The summed E-state index contributed by atoms with van der Waals surface area (Å²) in [5, 5.41) is 0.247. The van der Waals surface area contributed by atoms with Gasteiger partial charge in [0.2, 0.25) is 11.2 Å². The first-order valence-electron chi connectivity index (χ1n) is 11.1. The molecule has 0 N–H and O–H groups in total. The second kappa shape index (κ2) is 11.0. The number of esters is 1. The minimum atomic E-state index is -5.07. The van der Waals surface area contributed by atoms with E-state index in [9.17, 15) is 27.6 Å². The Kier molecular flexibility index (Phi) is 7.72. The largest absolute Gasteiger partial charge is 0.485 e. The summed E-state index contributed by atoms with van der Waals surface area (Å²) < 4.78 is 62.1. The van der Waals surface area contributed by atoms with Crippen LogP contribution >= 0.6 is 11.6 Å². The number of ether oxygens (including phenoxy) is 3. The molecule has 0 atom stereocenters. The maximum atomic E-state index is 13.8. The summed E-state index contributed by atoms with van der Waals surface area (Å²) in [5.74, 6) is -3.85. The molecule has 0 saturated heterocycles. The van der Waals surface area contributed by atoms with Crippen LogP contribution in [-0.4, -0.2) is 25.0 Å². The Morgan fingerprint density at radius 3 is 2.18 bits per heavy atom. The van der Waals surface area contributed by atoms with Crippen LogP contribution in [0.25, 0.3) is 11.0 Å². The number of carbonyl (C=O) groups excluding carboxylic acids is 2. The topological polar surface area (TPSA) is 92.0 Å². The summed E-state index contributed by atoms with van der Waals surface area (Å²) in [6.45, 7) is 1.37. The number of Topliss-reactive ketones (excluding diaryl/α,β-unsaturated/α-hetero) is 1. The number of alkyl halides is 3. The van der Waals surface area contributed by atoms with E-state index in [1.807, 2.05) is 0 Å². The Hall–Kier alpha value is -4.31. The summed E-state index contributed by atoms with van der Waals surface area (Å²) >= 11 is 5.80. The average Bonchev–Trinajstić information content (AvgIpc) is 2.89. The molecule has 0 bridgehead atoms. The van der Waals surface area contributed by atoms with Gasteiger partial charge in [-0.05, 0) is 67.6 Å². The lowest BCUT2D eigenvalue weighted by molar-refractivity contribution is -0.154. The van der Waals surface area contributed by atoms with Crippen molar-refractivity contribution in [2.75, 3.05) is 13.2 Å². The number of hydrogen-bond donors (Lipinski definition) is 0. The Labute approximate surface area is 218 Å². The predicted octanol–water partition coefficient (Wildman–Crippen LogP) is 6.70. The smallest absolute Gasteiger partial charge is 0.453 e. The van der Waals surface area contributed by atoms with Crippen molar-refractivity contribution in [3.05, 3.63) is 98.9 Å². The number of carbonyl (C=O) groups is 2. The van der Waals surface area contributed by atoms with Crippen LogP contribution in [0.5, 0.6) is 17.2 Å². The fraction of sp³-hybridized carbons (Fsp3) is 0.148. The highest BCUT2D eigenvalue weighted by Crippen LogP contribution is 2.38. The van der Waals surface area contributed by atoms with Crippen molar-refractivity contribution < 1.29 is 41.4 Å². The van der Waals surface area contributed by atoms with Crippen molar-refractivity contribution in [3.63, 3.8) is 0 Å². The van der Waals surface area contributed by atoms with Gasteiger partial charge < -0.3 is 18.6 Å². The van der Waals surface area contributed by atoms with E-state index in [2.05, 4.69) is 0 Å². The van der Waals surface area contributed by atoms with Gasteiger partial charge in [0.05, 0.1) is 17.6 Å². The van der Waals surface area contributed by atoms with Gasteiger partial charge in [0.15, 0.2) is 12.4 Å². The van der Waals surface area contributed by atoms with Gasteiger partial charge in [-0.3, -0.25) is 9.59 Å². The fourth-order valence-corrected chi connectivity index (χ4v) is 3.51. The van der Waals surface area contributed by atoms with Crippen LogP contribution < -0.4 is 14.9 Å². The van der Waals surface area contributed by atoms with E-state index < -0.39 is 47.1 Å². The second-order valence-corrected chi connectivity index (χ2v) is 8.25. The molecule has 1 aromatic heterocycles. The number of rotatable bonds is 8. The number of ketones is 1. The summed E-state index contributed by atoms with van der Waals surface area (Å²) in [7, 11) is 0. The first-order valence-corrected chi connectivity index (χ1v) is 11.5. The first-order chi connectivity index (χ1) is 18.1. The number of halogens is 4. The molecular formula is C27H18ClF3O7. The van der Waals surface area contributed by atoms with E-state index in [0.29, 0.717) is 10.6 Å². The number of fused-ring (bicyclic) bond motifs is 1. The zero-order valence-corrected chi connectivity index (χ0v) is 20.4. The minimum absolute atomic E-state index is 0.0133. The molecule has 0 saturated carbocycles. The summed E-state index contributed by atoms with van der Waals surface area (Å²) in [4.78, 5) is 37.1. The fourth-order valence-electron chi connectivity index (χ4n) is 3.38. The molecule has 11 heteroatoms. The van der Waals surface area contributed by atoms with Crippen molar-refractivity contribution in [2.24, 2.45) is 0 Å².